The minimum Gasteiger partial charge on any atom is -0.465 e. The van der Waals surface area contributed by atoms with Gasteiger partial charge in [-0.25, -0.2) is 9.59 Å². The van der Waals surface area contributed by atoms with Crippen molar-refractivity contribution in [3.8, 4) is 0 Å². The highest BCUT2D eigenvalue weighted by molar-refractivity contribution is 6.33. The first kappa shape index (κ1) is 44.3. The third-order valence-electron chi connectivity index (χ3n) is 12.4. The summed E-state index contributed by atoms with van der Waals surface area (Å²) in [6.45, 7) is 6.41. The van der Waals surface area contributed by atoms with Gasteiger partial charge in [-0.2, -0.15) is 13.2 Å². The SMILES string of the molecule is CN(C)CCCOC(=O)C1(C)CCN(C2CCN(C(=O)[C@@H](Cc3cc(Cl)c(N)c(C(F)(F)F)c3)OC(=O)N3CCC(N4CCc5ccccc5NC4=O)CC3)CC2)CC1. The normalized spacial score (nSPS) is 20.1. The van der Waals surface area contributed by atoms with E-state index in [4.69, 9.17) is 26.8 Å². The van der Waals surface area contributed by atoms with E-state index in [1.807, 2.05) is 50.2 Å². The molecule has 4 aliphatic heterocycles. The summed E-state index contributed by atoms with van der Waals surface area (Å²) >= 11 is 6.15. The van der Waals surface area contributed by atoms with Crippen molar-refractivity contribution in [2.45, 2.75) is 89.1 Å². The van der Waals surface area contributed by atoms with Gasteiger partial charge in [-0.15, -0.1) is 0 Å². The molecule has 2 aromatic carbocycles. The number of carbonyl (C=O) groups excluding carboxylic acids is 4. The number of halogens is 4. The van der Waals surface area contributed by atoms with Crippen LogP contribution in [-0.2, 0) is 38.1 Å². The van der Waals surface area contributed by atoms with Gasteiger partial charge in [0, 0.05) is 63.5 Å². The smallest absolute Gasteiger partial charge is 0.418 e. The Balaban J connectivity index is 1.07. The van der Waals surface area contributed by atoms with Crippen molar-refractivity contribution < 1.29 is 41.8 Å². The Labute approximate surface area is 349 Å². The predicted molar refractivity (Wildman–Crippen MR) is 218 cm³/mol. The zero-order valence-electron chi connectivity index (χ0n) is 34.2. The topological polar surface area (TPSA) is 141 Å². The Hall–Kier alpha value is -4.28. The molecule has 324 valence electrons. The minimum atomic E-state index is -4.79. The van der Waals surface area contributed by atoms with E-state index in [-0.39, 0.29) is 54.2 Å². The number of nitrogens with two attached hydrogens (primary N) is 1. The number of ether oxygens (including phenoxy) is 2. The van der Waals surface area contributed by atoms with Crippen LogP contribution in [0.3, 0.4) is 0 Å². The van der Waals surface area contributed by atoms with Gasteiger partial charge in [0.25, 0.3) is 5.91 Å². The molecule has 0 aliphatic carbocycles. The quantitative estimate of drug-likeness (QED) is 0.155. The van der Waals surface area contributed by atoms with Crippen molar-refractivity contribution in [3.63, 3.8) is 0 Å². The summed E-state index contributed by atoms with van der Waals surface area (Å²) in [5.41, 5.74) is 5.27. The Morgan fingerprint density at radius 1 is 0.966 bits per heavy atom. The highest BCUT2D eigenvalue weighted by Gasteiger charge is 2.42. The van der Waals surface area contributed by atoms with Crippen molar-refractivity contribution in [2.24, 2.45) is 5.41 Å². The van der Waals surface area contributed by atoms with Crippen LogP contribution in [0, 0.1) is 5.41 Å². The van der Waals surface area contributed by atoms with Gasteiger partial charge in [-0.1, -0.05) is 29.8 Å². The second-order valence-electron chi connectivity index (χ2n) is 16.8. The summed E-state index contributed by atoms with van der Waals surface area (Å²) in [7, 11) is 3.96. The number of piperidine rings is 3. The summed E-state index contributed by atoms with van der Waals surface area (Å²) in [6.07, 6.45) is -2.26. The van der Waals surface area contributed by atoms with Crippen LogP contribution in [0.25, 0.3) is 0 Å². The van der Waals surface area contributed by atoms with E-state index in [1.54, 1.807) is 9.80 Å². The highest BCUT2D eigenvalue weighted by atomic mass is 35.5. The molecule has 4 amide bonds. The molecule has 17 heteroatoms. The molecule has 4 heterocycles. The fraction of sp³-hybridized carbons (Fsp3) is 0.619. The van der Waals surface area contributed by atoms with Crippen molar-refractivity contribution in [1.82, 2.24) is 24.5 Å². The number of nitrogens with zero attached hydrogens (tertiary/aromatic N) is 5. The number of alkyl halides is 3. The number of likely N-dealkylation sites (tertiary alicyclic amines) is 3. The summed E-state index contributed by atoms with van der Waals surface area (Å²) in [5.74, 6) is -0.667. The van der Waals surface area contributed by atoms with E-state index < -0.39 is 40.9 Å². The number of para-hydroxylation sites is 1. The maximum Gasteiger partial charge on any atom is 0.418 e. The molecule has 6 rings (SSSR count). The molecule has 3 N–H and O–H groups in total. The number of esters is 1. The summed E-state index contributed by atoms with van der Waals surface area (Å²) in [4.78, 5) is 63.3. The molecule has 3 fully saturated rings. The molecule has 0 spiro atoms. The third kappa shape index (κ3) is 10.9. The lowest BCUT2D eigenvalue weighted by molar-refractivity contribution is -0.158. The molecule has 2 aromatic rings. The van der Waals surface area contributed by atoms with Crippen LogP contribution >= 0.6 is 11.6 Å². The van der Waals surface area contributed by atoms with E-state index in [9.17, 15) is 32.3 Å². The zero-order chi connectivity index (χ0) is 42.5. The first-order valence-corrected chi connectivity index (χ1v) is 21.0. The molecule has 4 aliphatic rings. The maximum absolute atomic E-state index is 14.2. The lowest BCUT2D eigenvalue weighted by Crippen LogP contribution is -2.54. The van der Waals surface area contributed by atoms with Crippen LogP contribution in [-0.4, -0.2) is 140 Å². The molecule has 0 radical (unpaired) electrons. The van der Waals surface area contributed by atoms with Crippen LogP contribution in [0.1, 0.15) is 68.6 Å². The van der Waals surface area contributed by atoms with Crippen LogP contribution in [0.5, 0.6) is 0 Å². The average Bonchev–Trinajstić information content (AvgIpc) is 3.38. The average molecular weight is 848 g/mol. The molecular weight excluding hydrogens is 791 g/mol. The van der Waals surface area contributed by atoms with E-state index in [0.717, 1.165) is 30.3 Å². The van der Waals surface area contributed by atoms with Crippen LogP contribution in [0.4, 0.5) is 34.1 Å². The van der Waals surface area contributed by atoms with Gasteiger partial charge in [-0.05, 0) is 115 Å². The van der Waals surface area contributed by atoms with E-state index in [2.05, 4.69) is 10.2 Å². The Morgan fingerprint density at radius 3 is 2.27 bits per heavy atom. The Kier molecular flexibility index (Phi) is 14.2. The Morgan fingerprint density at radius 2 is 1.61 bits per heavy atom. The van der Waals surface area contributed by atoms with E-state index in [1.165, 1.54) is 11.0 Å². The van der Waals surface area contributed by atoms with Crippen molar-refractivity contribution >= 4 is 47.0 Å². The second kappa shape index (κ2) is 19.0. The summed E-state index contributed by atoms with van der Waals surface area (Å²) in [6, 6.07) is 9.64. The van der Waals surface area contributed by atoms with Gasteiger partial charge in [-0.3, -0.25) is 9.59 Å². The number of anilines is 2. The molecule has 0 bridgehead atoms. The van der Waals surface area contributed by atoms with Gasteiger partial charge < -0.3 is 45.0 Å². The number of hydrogen-bond acceptors (Lipinski definition) is 9. The van der Waals surface area contributed by atoms with Crippen LogP contribution in [0.2, 0.25) is 5.02 Å². The molecule has 0 saturated carbocycles. The van der Waals surface area contributed by atoms with Crippen molar-refractivity contribution in [3.05, 3.63) is 58.1 Å². The van der Waals surface area contributed by atoms with Crippen molar-refractivity contribution in [2.75, 3.05) is 84.1 Å². The van der Waals surface area contributed by atoms with Crippen LogP contribution in [0.15, 0.2) is 36.4 Å². The number of carbonyl (C=O) groups is 4. The first-order valence-electron chi connectivity index (χ1n) is 20.6. The highest BCUT2D eigenvalue weighted by Crippen LogP contribution is 2.39. The second-order valence-corrected chi connectivity index (χ2v) is 17.2. The standard InChI is InChI=1S/C42H57ClF3N7O6/c1-41(38(55)58-24-6-16-49(2)3)14-22-50(23-15-41)30-10-17-51(18-11-30)37(54)35(27-28-25-32(42(44,45)46)36(47)33(43)26-28)59-40(57)52-19-12-31(13-20-52)53-21-9-29-7-4-5-8-34(29)48-39(53)56/h4-5,7-8,25-26,30-31,35H,6,9-24,27,47H2,1-3H3,(H,48,56)/t35-/m1/s1. The number of nitrogens with one attached hydrogen (secondary N) is 1. The van der Waals surface area contributed by atoms with Gasteiger partial charge in [0.05, 0.1) is 28.3 Å². The number of rotatable bonds is 11. The fourth-order valence-electron chi connectivity index (χ4n) is 8.68. The molecule has 0 unspecified atom stereocenters. The summed E-state index contributed by atoms with van der Waals surface area (Å²) in [5, 5.41) is 2.67. The Bertz CT molecular complexity index is 1830. The maximum atomic E-state index is 14.2. The molecule has 13 nitrogen and oxygen atoms in total. The van der Waals surface area contributed by atoms with Crippen molar-refractivity contribution in [1.29, 1.82) is 0 Å². The lowest BCUT2D eigenvalue weighted by Gasteiger charge is -2.44. The number of fused-ring (bicyclic) bond motifs is 1. The lowest BCUT2D eigenvalue weighted by atomic mass is 9.79. The van der Waals surface area contributed by atoms with Gasteiger partial charge in [0.2, 0.25) is 0 Å². The number of nitrogen functional groups attached to an aromatic ring is 1. The first-order chi connectivity index (χ1) is 28.0. The van der Waals surface area contributed by atoms with Gasteiger partial charge in [0.15, 0.2) is 6.10 Å². The molecular formula is C42H57ClF3N7O6. The summed E-state index contributed by atoms with van der Waals surface area (Å²) < 4.78 is 53.3. The number of benzene rings is 2. The predicted octanol–water partition coefficient (Wildman–Crippen LogP) is 6.13. The zero-order valence-corrected chi connectivity index (χ0v) is 35.0. The van der Waals surface area contributed by atoms with Gasteiger partial charge in [0.1, 0.15) is 0 Å². The number of hydrogen-bond donors (Lipinski definition) is 2. The molecule has 0 aromatic heterocycles. The number of urea groups is 1. The third-order valence-corrected chi connectivity index (χ3v) is 12.7. The van der Waals surface area contributed by atoms with E-state index >= 15 is 0 Å². The van der Waals surface area contributed by atoms with E-state index in [0.29, 0.717) is 84.3 Å². The number of amides is 4. The van der Waals surface area contributed by atoms with Crippen LogP contribution < -0.4 is 11.1 Å². The monoisotopic (exact) mass is 847 g/mol. The molecule has 59 heavy (non-hydrogen) atoms. The molecule has 1 atom stereocenters. The molecule has 3 saturated heterocycles. The minimum absolute atomic E-state index is 0.0528. The fourth-order valence-corrected chi connectivity index (χ4v) is 8.92. The largest absolute Gasteiger partial charge is 0.465 e. The van der Waals surface area contributed by atoms with Gasteiger partial charge >= 0.3 is 24.3 Å².